The fourth-order valence-corrected chi connectivity index (χ4v) is 4.38. The third-order valence-corrected chi connectivity index (χ3v) is 6.03. The Morgan fingerprint density at radius 2 is 1.61 bits per heavy atom. The number of para-hydroxylation sites is 1. The minimum absolute atomic E-state index is 0. The molecule has 0 unspecified atom stereocenters. The molecule has 5 nitrogen and oxygen atoms in total. The molecule has 6 rings (SSSR count). The molecule has 0 atom stereocenters. The number of anilines is 1. The van der Waals surface area contributed by atoms with Crippen LogP contribution in [0.3, 0.4) is 0 Å². The Balaban J connectivity index is 0.00000130. The first-order valence-corrected chi connectivity index (χ1v) is 10.6. The number of furan rings is 1. The second kappa shape index (κ2) is 9.79. The van der Waals surface area contributed by atoms with E-state index < -0.39 is 0 Å². The zero-order valence-electron chi connectivity index (χ0n) is 17.9. The molecule has 0 bridgehead atoms. The van der Waals surface area contributed by atoms with Gasteiger partial charge >= 0.3 is 0 Å². The van der Waals surface area contributed by atoms with Crippen LogP contribution in [-0.4, -0.2) is 36.1 Å². The molecule has 1 fully saturated rings. The van der Waals surface area contributed by atoms with Gasteiger partial charge in [-0.15, -0.1) is 24.8 Å². The van der Waals surface area contributed by atoms with Crippen molar-refractivity contribution in [2.24, 2.45) is 0 Å². The van der Waals surface area contributed by atoms with Crippen molar-refractivity contribution >= 4 is 52.5 Å². The summed E-state index contributed by atoms with van der Waals surface area (Å²) in [4.78, 5) is 11.7. The lowest BCUT2D eigenvalue weighted by Gasteiger charge is -2.29. The van der Waals surface area contributed by atoms with E-state index in [9.17, 15) is 0 Å². The second-order valence-electron chi connectivity index (χ2n) is 7.88. The van der Waals surface area contributed by atoms with Crippen LogP contribution < -0.4 is 10.2 Å². The Hall–Kier alpha value is -3.12. The molecule has 33 heavy (non-hydrogen) atoms. The Morgan fingerprint density at radius 1 is 0.818 bits per heavy atom. The zero-order valence-corrected chi connectivity index (χ0v) is 19.5. The Morgan fingerprint density at radius 3 is 2.42 bits per heavy atom. The standard InChI is InChI=1S/C26H22N4O.2ClH/c1-2-4-24-22(3-1)21(9-10-28-24)23-17-31-25-15-19(16-29-26(23)25)18-5-7-20(8-6-18)30-13-11-27-12-14-30;;/h1-10,15-17,27H,11-14H2;2*1H. The number of nitrogens with zero attached hydrogens (tertiary/aromatic N) is 3. The number of hydrogen-bond donors (Lipinski definition) is 1. The number of halogens is 2. The Kier molecular flexibility index (Phi) is 6.84. The fourth-order valence-electron chi connectivity index (χ4n) is 4.38. The highest BCUT2D eigenvalue weighted by Gasteiger charge is 2.14. The van der Waals surface area contributed by atoms with Gasteiger partial charge in [0.1, 0.15) is 11.8 Å². The van der Waals surface area contributed by atoms with Gasteiger partial charge in [0, 0.05) is 60.8 Å². The number of rotatable bonds is 3. The summed E-state index contributed by atoms with van der Waals surface area (Å²) in [6.45, 7) is 4.17. The van der Waals surface area contributed by atoms with Gasteiger partial charge in [-0.2, -0.15) is 0 Å². The lowest BCUT2D eigenvalue weighted by molar-refractivity contribution is 0.589. The molecule has 0 spiro atoms. The number of hydrogen-bond acceptors (Lipinski definition) is 5. The van der Waals surface area contributed by atoms with Crippen LogP contribution >= 0.6 is 24.8 Å². The van der Waals surface area contributed by atoms with Crippen molar-refractivity contribution < 1.29 is 4.42 Å². The molecule has 0 aliphatic carbocycles. The van der Waals surface area contributed by atoms with Crippen LogP contribution in [0.1, 0.15) is 0 Å². The Labute approximate surface area is 204 Å². The van der Waals surface area contributed by atoms with E-state index in [2.05, 4.69) is 51.6 Å². The predicted octanol–water partition coefficient (Wildman–Crippen LogP) is 5.96. The predicted molar refractivity (Wildman–Crippen MR) is 140 cm³/mol. The van der Waals surface area contributed by atoms with E-state index in [4.69, 9.17) is 9.40 Å². The van der Waals surface area contributed by atoms with E-state index >= 15 is 0 Å². The first-order valence-electron chi connectivity index (χ1n) is 10.6. The molecule has 1 aliphatic rings. The summed E-state index contributed by atoms with van der Waals surface area (Å²) >= 11 is 0. The molecular formula is C26H24Cl2N4O. The van der Waals surface area contributed by atoms with E-state index in [-0.39, 0.29) is 24.8 Å². The number of pyridine rings is 2. The van der Waals surface area contributed by atoms with Gasteiger partial charge in [-0.25, -0.2) is 0 Å². The lowest BCUT2D eigenvalue weighted by Crippen LogP contribution is -2.43. The Bertz CT molecular complexity index is 1370. The van der Waals surface area contributed by atoms with E-state index in [1.807, 2.05) is 36.7 Å². The van der Waals surface area contributed by atoms with Crippen LogP contribution in [-0.2, 0) is 0 Å². The maximum atomic E-state index is 5.94. The first-order chi connectivity index (χ1) is 15.4. The van der Waals surface area contributed by atoms with Gasteiger partial charge in [0.15, 0.2) is 5.58 Å². The van der Waals surface area contributed by atoms with Crippen molar-refractivity contribution in [3.05, 3.63) is 79.3 Å². The van der Waals surface area contributed by atoms with Gasteiger partial charge in [0.2, 0.25) is 0 Å². The number of nitrogens with one attached hydrogen (secondary N) is 1. The molecule has 1 aliphatic heterocycles. The molecule has 0 saturated carbocycles. The highest BCUT2D eigenvalue weighted by atomic mass is 35.5. The quantitative estimate of drug-likeness (QED) is 0.346. The molecule has 0 radical (unpaired) electrons. The highest BCUT2D eigenvalue weighted by Crippen LogP contribution is 2.35. The fraction of sp³-hybridized carbons (Fsp3) is 0.154. The summed E-state index contributed by atoms with van der Waals surface area (Å²) in [7, 11) is 0. The number of benzene rings is 2. The molecule has 1 N–H and O–H groups in total. The molecule has 0 amide bonds. The van der Waals surface area contributed by atoms with Crippen molar-refractivity contribution in [1.29, 1.82) is 0 Å². The molecular weight excluding hydrogens is 455 g/mol. The van der Waals surface area contributed by atoms with Crippen LogP contribution in [0.5, 0.6) is 0 Å². The monoisotopic (exact) mass is 478 g/mol. The van der Waals surface area contributed by atoms with Crippen LogP contribution in [0.15, 0.2) is 83.7 Å². The largest absolute Gasteiger partial charge is 0.462 e. The minimum atomic E-state index is 0. The van der Waals surface area contributed by atoms with Crippen molar-refractivity contribution in [3.8, 4) is 22.3 Å². The van der Waals surface area contributed by atoms with Gasteiger partial charge in [-0.3, -0.25) is 9.97 Å². The van der Waals surface area contributed by atoms with Gasteiger partial charge in [0.05, 0.1) is 5.52 Å². The van der Waals surface area contributed by atoms with E-state index in [0.717, 1.165) is 70.4 Å². The summed E-state index contributed by atoms with van der Waals surface area (Å²) in [5.74, 6) is 0. The molecule has 7 heteroatoms. The van der Waals surface area contributed by atoms with Gasteiger partial charge in [-0.05, 0) is 41.5 Å². The average Bonchev–Trinajstić information content (AvgIpc) is 3.27. The maximum absolute atomic E-state index is 5.94. The van der Waals surface area contributed by atoms with Crippen LogP contribution in [0.25, 0.3) is 44.3 Å². The van der Waals surface area contributed by atoms with Gasteiger partial charge < -0.3 is 14.6 Å². The van der Waals surface area contributed by atoms with Crippen molar-refractivity contribution in [2.75, 3.05) is 31.1 Å². The summed E-state index contributed by atoms with van der Waals surface area (Å²) in [5, 5.41) is 4.50. The van der Waals surface area contributed by atoms with Crippen LogP contribution in [0, 0.1) is 0 Å². The van der Waals surface area contributed by atoms with Crippen molar-refractivity contribution in [1.82, 2.24) is 15.3 Å². The molecule has 4 heterocycles. The maximum Gasteiger partial charge on any atom is 0.153 e. The summed E-state index contributed by atoms with van der Waals surface area (Å²) in [6.07, 6.45) is 5.58. The number of aromatic nitrogens is 2. The summed E-state index contributed by atoms with van der Waals surface area (Å²) in [6, 6.07) is 21.0. The molecule has 3 aromatic heterocycles. The third kappa shape index (κ3) is 4.27. The molecule has 1 saturated heterocycles. The zero-order chi connectivity index (χ0) is 20.6. The van der Waals surface area contributed by atoms with E-state index in [1.54, 1.807) is 6.26 Å². The topological polar surface area (TPSA) is 54.2 Å². The van der Waals surface area contributed by atoms with Gasteiger partial charge in [0.25, 0.3) is 0 Å². The average molecular weight is 479 g/mol. The first kappa shape index (κ1) is 23.1. The number of fused-ring (bicyclic) bond motifs is 2. The second-order valence-corrected chi connectivity index (χ2v) is 7.88. The third-order valence-electron chi connectivity index (χ3n) is 6.03. The van der Waals surface area contributed by atoms with Crippen molar-refractivity contribution in [2.45, 2.75) is 0 Å². The normalized spacial score (nSPS) is 13.5. The van der Waals surface area contributed by atoms with Crippen LogP contribution in [0.2, 0.25) is 0 Å². The molecule has 168 valence electrons. The van der Waals surface area contributed by atoms with Crippen molar-refractivity contribution in [3.63, 3.8) is 0 Å². The summed E-state index contributed by atoms with van der Waals surface area (Å²) < 4.78 is 5.94. The number of piperazine rings is 1. The van der Waals surface area contributed by atoms with E-state index in [1.165, 1.54) is 5.69 Å². The van der Waals surface area contributed by atoms with E-state index in [0.29, 0.717) is 0 Å². The summed E-state index contributed by atoms with van der Waals surface area (Å²) in [5.41, 5.74) is 8.18. The smallest absolute Gasteiger partial charge is 0.153 e. The SMILES string of the molecule is Cl.Cl.c1ccc2c(-c3coc4cc(-c5ccc(N6CCNCC6)cc5)cnc34)ccnc2c1. The molecule has 5 aromatic rings. The lowest BCUT2D eigenvalue weighted by atomic mass is 10.0. The highest BCUT2D eigenvalue weighted by molar-refractivity contribution is 6.02. The van der Waals surface area contributed by atoms with Crippen LogP contribution in [0.4, 0.5) is 5.69 Å². The van der Waals surface area contributed by atoms with Gasteiger partial charge in [-0.1, -0.05) is 30.3 Å². The minimum Gasteiger partial charge on any atom is -0.462 e. The molecule has 2 aromatic carbocycles.